The quantitative estimate of drug-likeness (QED) is 0.838. The maximum absolute atomic E-state index is 14.4. The molecule has 1 N–H and O–H groups in total. The number of ether oxygens (including phenoxy) is 2. The van der Waals surface area contributed by atoms with Gasteiger partial charge in [0.25, 0.3) is 5.91 Å². The second-order valence-corrected chi connectivity index (χ2v) is 6.83. The highest BCUT2D eigenvalue weighted by atomic mass is 19.1. The topological polar surface area (TPSA) is 50.8 Å². The van der Waals surface area contributed by atoms with Crippen LogP contribution in [0.15, 0.2) is 42.5 Å². The van der Waals surface area contributed by atoms with Gasteiger partial charge in [-0.3, -0.25) is 4.79 Å². The van der Waals surface area contributed by atoms with Crippen LogP contribution in [0.2, 0.25) is 0 Å². The zero-order chi connectivity index (χ0) is 19.2. The number of nitrogens with one attached hydrogen (secondary N) is 1. The molecule has 0 aromatic heterocycles. The second-order valence-electron chi connectivity index (χ2n) is 6.83. The molecule has 1 amide bonds. The van der Waals surface area contributed by atoms with Crippen molar-refractivity contribution in [3.8, 4) is 5.75 Å². The molecule has 5 nitrogen and oxygen atoms in total. The molecule has 1 heterocycles. The smallest absolute Gasteiger partial charge is 0.262 e. The average Bonchev–Trinajstić information content (AvgIpc) is 2.67. The van der Waals surface area contributed by atoms with Crippen LogP contribution in [-0.2, 0) is 9.53 Å². The Balaban J connectivity index is 1.56. The van der Waals surface area contributed by atoms with E-state index in [0.717, 1.165) is 5.56 Å². The van der Waals surface area contributed by atoms with Crippen molar-refractivity contribution in [1.82, 2.24) is 0 Å². The highest BCUT2D eigenvalue weighted by molar-refractivity contribution is 5.92. The molecule has 0 saturated carbocycles. The van der Waals surface area contributed by atoms with E-state index in [9.17, 15) is 9.18 Å². The summed E-state index contributed by atoms with van der Waals surface area (Å²) >= 11 is 0. The molecule has 2 aromatic rings. The third kappa shape index (κ3) is 5.20. The van der Waals surface area contributed by atoms with Crippen LogP contribution in [0, 0.1) is 5.82 Å². The van der Waals surface area contributed by atoms with Crippen molar-refractivity contribution in [2.45, 2.75) is 19.8 Å². The number of halogens is 1. The van der Waals surface area contributed by atoms with E-state index >= 15 is 0 Å². The van der Waals surface area contributed by atoms with Crippen LogP contribution in [0.3, 0.4) is 0 Å². The number of hydrogen-bond acceptors (Lipinski definition) is 4. The number of morpholine rings is 1. The van der Waals surface area contributed by atoms with Crippen LogP contribution in [-0.4, -0.2) is 38.8 Å². The molecule has 6 heteroatoms. The van der Waals surface area contributed by atoms with Crippen molar-refractivity contribution in [3.63, 3.8) is 0 Å². The highest BCUT2D eigenvalue weighted by Gasteiger charge is 2.16. The molecule has 1 aliphatic heterocycles. The summed E-state index contributed by atoms with van der Waals surface area (Å²) < 4.78 is 25.2. The van der Waals surface area contributed by atoms with Gasteiger partial charge in [0, 0.05) is 18.8 Å². The van der Waals surface area contributed by atoms with E-state index in [0.29, 0.717) is 49.3 Å². The summed E-state index contributed by atoms with van der Waals surface area (Å²) in [5.74, 6) is 0.337. The van der Waals surface area contributed by atoms with E-state index in [1.165, 1.54) is 6.07 Å². The molecule has 0 atom stereocenters. The number of nitrogens with zero attached hydrogens (tertiary/aromatic N) is 1. The number of benzene rings is 2. The van der Waals surface area contributed by atoms with Gasteiger partial charge in [-0.05, 0) is 41.8 Å². The van der Waals surface area contributed by atoms with Gasteiger partial charge in [-0.25, -0.2) is 4.39 Å². The van der Waals surface area contributed by atoms with Gasteiger partial charge in [-0.1, -0.05) is 26.0 Å². The fourth-order valence-electron chi connectivity index (χ4n) is 2.95. The van der Waals surface area contributed by atoms with Gasteiger partial charge < -0.3 is 19.7 Å². The van der Waals surface area contributed by atoms with E-state index in [1.54, 1.807) is 12.1 Å². The molecule has 0 bridgehead atoms. The van der Waals surface area contributed by atoms with Gasteiger partial charge in [0.2, 0.25) is 0 Å². The van der Waals surface area contributed by atoms with Gasteiger partial charge in [0.15, 0.2) is 6.61 Å². The van der Waals surface area contributed by atoms with Gasteiger partial charge in [-0.2, -0.15) is 0 Å². The normalized spacial score (nSPS) is 14.3. The van der Waals surface area contributed by atoms with Crippen molar-refractivity contribution >= 4 is 17.3 Å². The lowest BCUT2D eigenvalue weighted by Crippen LogP contribution is -2.36. The Morgan fingerprint density at radius 2 is 2.00 bits per heavy atom. The third-order valence-electron chi connectivity index (χ3n) is 4.48. The number of rotatable bonds is 6. The Morgan fingerprint density at radius 1 is 1.22 bits per heavy atom. The molecular weight excluding hydrogens is 347 g/mol. The second kappa shape index (κ2) is 8.86. The maximum Gasteiger partial charge on any atom is 0.262 e. The minimum Gasteiger partial charge on any atom is -0.484 e. The number of carbonyl (C=O) groups is 1. The van der Waals surface area contributed by atoms with E-state index in [4.69, 9.17) is 9.47 Å². The van der Waals surface area contributed by atoms with Crippen molar-refractivity contribution in [3.05, 3.63) is 53.8 Å². The van der Waals surface area contributed by atoms with E-state index in [-0.39, 0.29) is 18.3 Å². The first kappa shape index (κ1) is 19.2. The molecule has 3 rings (SSSR count). The first-order chi connectivity index (χ1) is 13.0. The molecular formula is C21H25FN2O3. The van der Waals surface area contributed by atoms with Gasteiger partial charge in [0.05, 0.1) is 18.9 Å². The van der Waals surface area contributed by atoms with Gasteiger partial charge in [0.1, 0.15) is 11.6 Å². The summed E-state index contributed by atoms with van der Waals surface area (Å²) in [5, 5.41) is 2.67. The van der Waals surface area contributed by atoms with E-state index in [1.807, 2.05) is 29.2 Å². The summed E-state index contributed by atoms with van der Waals surface area (Å²) in [7, 11) is 0. The van der Waals surface area contributed by atoms with Crippen molar-refractivity contribution in [2.24, 2.45) is 0 Å². The molecule has 0 radical (unpaired) electrons. The Labute approximate surface area is 159 Å². The fraction of sp³-hybridized carbons (Fsp3) is 0.381. The number of anilines is 2. The zero-order valence-corrected chi connectivity index (χ0v) is 15.7. The van der Waals surface area contributed by atoms with Crippen LogP contribution >= 0.6 is 0 Å². The molecule has 0 spiro atoms. The standard InChI is InChI=1S/C21H25FN2O3/c1-15(2)16-4-3-5-18(12-16)27-14-21(25)23-17-6-7-20(19(22)13-17)24-8-10-26-11-9-24/h3-7,12-13,15H,8-11,14H2,1-2H3,(H,23,25). The van der Waals surface area contributed by atoms with Crippen LogP contribution in [0.5, 0.6) is 5.75 Å². The molecule has 144 valence electrons. The molecule has 1 aliphatic rings. The molecule has 1 fully saturated rings. The lowest BCUT2D eigenvalue weighted by molar-refractivity contribution is -0.118. The first-order valence-electron chi connectivity index (χ1n) is 9.18. The van der Waals surface area contributed by atoms with Crippen molar-refractivity contribution in [1.29, 1.82) is 0 Å². The predicted octanol–water partition coefficient (Wildman–Crippen LogP) is 3.80. The Bertz CT molecular complexity index is 789. The SMILES string of the molecule is CC(C)c1cccc(OCC(=O)Nc2ccc(N3CCOCC3)c(F)c2)c1. The Hall–Kier alpha value is -2.60. The minimum absolute atomic E-state index is 0.131. The van der Waals surface area contributed by atoms with Crippen LogP contribution in [0.4, 0.5) is 15.8 Å². The van der Waals surface area contributed by atoms with Crippen molar-refractivity contribution in [2.75, 3.05) is 43.1 Å². The third-order valence-corrected chi connectivity index (χ3v) is 4.48. The summed E-state index contributed by atoms with van der Waals surface area (Å²) in [6.45, 7) is 6.56. The zero-order valence-electron chi connectivity index (χ0n) is 15.7. The predicted molar refractivity (Wildman–Crippen MR) is 104 cm³/mol. The lowest BCUT2D eigenvalue weighted by atomic mass is 10.0. The fourth-order valence-corrected chi connectivity index (χ4v) is 2.95. The largest absolute Gasteiger partial charge is 0.484 e. The van der Waals surface area contributed by atoms with Gasteiger partial charge in [-0.15, -0.1) is 0 Å². The monoisotopic (exact) mass is 372 g/mol. The Morgan fingerprint density at radius 3 is 2.70 bits per heavy atom. The van der Waals surface area contributed by atoms with E-state index in [2.05, 4.69) is 19.2 Å². The highest BCUT2D eigenvalue weighted by Crippen LogP contribution is 2.24. The maximum atomic E-state index is 14.4. The minimum atomic E-state index is -0.361. The average molecular weight is 372 g/mol. The van der Waals surface area contributed by atoms with Crippen molar-refractivity contribution < 1.29 is 18.7 Å². The summed E-state index contributed by atoms with van der Waals surface area (Å²) in [6, 6.07) is 12.4. The molecule has 27 heavy (non-hydrogen) atoms. The summed E-state index contributed by atoms with van der Waals surface area (Å²) in [5.41, 5.74) is 2.08. The molecule has 0 unspecified atom stereocenters. The summed E-state index contributed by atoms with van der Waals surface area (Å²) in [4.78, 5) is 14.1. The molecule has 2 aromatic carbocycles. The molecule has 0 aliphatic carbocycles. The lowest BCUT2D eigenvalue weighted by Gasteiger charge is -2.29. The number of hydrogen-bond donors (Lipinski definition) is 1. The van der Waals surface area contributed by atoms with E-state index < -0.39 is 0 Å². The summed E-state index contributed by atoms with van der Waals surface area (Å²) in [6.07, 6.45) is 0. The number of amides is 1. The molecule has 1 saturated heterocycles. The Kier molecular flexibility index (Phi) is 6.29. The number of carbonyl (C=O) groups excluding carboxylic acids is 1. The van der Waals surface area contributed by atoms with Crippen LogP contribution in [0.25, 0.3) is 0 Å². The van der Waals surface area contributed by atoms with Crippen LogP contribution in [0.1, 0.15) is 25.3 Å². The van der Waals surface area contributed by atoms with Crippen LogP contribution < -0.4 is 15.0 Å². The van der Waals surface area contributed by atoms with Gasteiger partial charge >= 0.3 is 0 Å². The first-order valence-corrected chi connectivity index (χ1v) is 9.18.